The van der Waals surface area contributed by atoms with Crippen LogP contribution in [0.15, 0.2) is 18.3 Å². The van der Waals surface area contributed by atoms with E-state index in [4.69, 9.17) is 9.47 Å². The first kappa shape index (κ1) is 14.5. The Labute approximate surface area is 119 Å². The molecule has 0 fully saturated rings. The number of esters is 1. The van der Waals surface area contributed by atoms with E-state index in [-0.39, 0.29) is 33.7 Å². The molecule has 0 saturated carbocycles. The van der Waals surface area contributed by atoms with Gasteiger partial charge in [0.2, 0.25) is 0 Å². The van der Waals surface area contributed by atoms with E-state index >= 15 is 0 Å². The summed E-state index contributed by atoms with van der Waals surface area (Å²) in [7, 11) is 3.92. The largest absolute Gasteiger partial charge is 0.493 e. The van der Waals surface area contributed by atoms with Crippen LogP contribution in [0.3, 0.4) is 0 Å². The molecule has 0 aliphatic carbocycles. The third-order valence-corrected chi connectivity index (χ3v) is 2.95. The van der Waals surface area contributed by atoms with Crippen LogP contribution in [-0.4, -0.2) is 37.2 Å². The first-order valence-corrected chi connectivity index (χ1v) is 5.81. The molecular formula is C13H12N2O6. The summed E-state index contributed by atoms with van der Waals surface area (Å²) >= 11 is 0. The predicted molar refractivity (Wildman–Crippen MR) is 72.8 cm³/mol. The number of carbonyl (C=O) groups is 1. The summed E-state index contributed by atoms with van der Waals surface area (Å²) in [6, 6.07) is 2.67. The van der Waals surface area contributed by atoms with Crippen molar-refractivity contribution >= 4 is 22.4 Å². The van der Waals surface area contributed by atoms with Crippen molar-refractivity contribution in [2.45, 2.75) is 0 Å². The molecule has 1 aromatic carbocycles. The number of carbonyl (C=O) groups excluding carboxylic acids is 1. The van der Waals surface area contributed by atoms with Gasteiger partial charge >= 0.3 is 5.97 Å². The molecular weight excluding hydrogens is 280 g/mol. The van der Waals surface area contributed by atoms with Crippen LogP contribution in [0.5, 0.6) is 11.5 Å². The van der Waals surface area contributed by atoms with E-state index in [1.54, 1.807) is 0 Å². The first-order chi connectivity index (χ1) is 10.0. The third-order valence-electron chi connectivity index (χ3n) is 2.95. The van der Waals surface area contributed by atoms with E-state index in [0.29, 0.717) is 0 Å². The molecule has 0 amide bonds. The first-order valence-electron chi connectivity index (χ1n) is 5.81. The summed E-state index contributed by atoms with van der Waals surface area (Å²) in [6.45, 7) is 0. The Bertz CT molecular complexity index is 728. The fourth-order valence-corrected chi connectivity index (χ4v) is 2.05. The van der Waals surface area contributed by atoms with Gasteiger partial charge in [-0.25, -0.2) is 9.78 Å². The lowest BCUT2D eigenvalue weighted by molar-refractivity contribution is -0.383. The average molecular weight is 292 g/mol. The lowest BCUT2D eigenvalue weighted by Crippen LogP contribution is -2.07. The molecule has 0 radical (unpaired) electrons. The Morgan fingerprint density at radius 3 is 2.52 bits per heavy atom. The maximum absolute atomic E-state index is 11.8. The molecule has 21 heavy (non-hydrogen) atoms. The zero-order valence-electron chi connectivity index (χ0n) is 11.6. The Balaban J connectivity index is 2.99. The second-order valence-electron chi connectivity index (χ2n) is 3.96. The van der Waals surface area contributed by atoms with Crippen LogP contribution in [-0.2, 0) is 4.74 Å². The van der Waals surface area contributed by atoms with Crippen molar-refractivity contribution in [2.24, 2.45) is 0 Å². The molecule has 1 aromatic heterocycles. The highest BCUT2D eigenvalue weighted by Gasteiger charge is 2.25. The maximum Gasteiger partial charge on any atom is 0.357 e. The Hall–Kier alpha value is -2.90. The Morgan fingerprint density at radius 2 is 2.00 bits per heavy atom. The van der Waals surface area contributed by atoms with E-state index in [1.807, 2.05) is 0 Å². The van der Waals surface area contributed by atoms with Crippen LogP contribution in [0.25, 0.3) is 10.8 Å². The van der Waals surface area contributed by atoms with E-state index in [2.05, 4.69) is 9.72 Å². The topological polar surface area (TPSA) is 101 Å². The molecule has 2 rings (SSSR count). The molecule has 110 valence electrons. The van der Waals surface area contributed by atoms with Crippen LogP contribution >= 0.6 is 0 Å². The van der Waals surface area contributed by atoms with Crippen molar-refractivity contribution in [3.8, 4) is 11.5 Å². The normalized spacial score (nSPS) is 10.2. The second kappa shape index (κ2) is 5.61. The number of nitro benzene ring substituents is 1. The highest BCUT2D eigenvalue weighted by atomic mass is 16.6. The highest BCUT2D eigenvalue weighted by Crippen LogP contribution is 2.42. The number of pyridine rings is 1. The quantitative estimate of drug-likeness (QED) is 0.482. The molecule has 0 aliphatic rings. The number of methoxy groups -OCH3 is 3. The zero-order chi connectivity index (χ0) is 15.6. The van der Waals surface area contributed by atoms with Gasteiger partial charge in [-0.3, -0.25) is 10.1 Å². The minimum absolute atomic E-state index is 0.0751. The van der Waals surface area contributed by atoms with Crippen molar-refractivity contribution in [1.29, 1.82) is 0 Å². The SMILES string of the molecule is COC(=O)c1nccc2c([N+](=O)[O-])cc(OC)c(OC)c12. The molecule has 0 spiro atoms. The lowest BCUT2D eigenvalue weighted by Gasteiger charge is -2.12. The number of aromatic nitrogens is 1. The fourth-order valence-electron chi connectivity index (χ4n) is 2.05. The molecule has 0 aliphatic heterocycles. The number of nitrogens with zero attached hydrogens (tertiary/aromatic N) is 2. The van der Waals surface area contributed by atoms with Gasteiger partial charge in [0.05, 0.1) is 43.1 Å². The number of rotatable bonds is 4. The Kier molecular flexibility index (Phi) is 3.88. The minimum Gasteiger partial charge on any atom is -0.493 e. The smallest absolute Gasteiger partial charge is 0.357 e. The van der Waals surface area contributed by atoms with E-state index in [0.717, 1.165) is 0 Å². The molecule has 8 nitrogen and oxygen atoms in total. The standard InChI is InChI=1S/C13H12N2O6/c1-19-9-6-8(15(17)18)7-4-5-14-11(13(16)21-3)10(7)12(9)20-2/h4-6H,1-3H3. The van der Waals surface area contributed by atoms with Gasteiger partial charge < -0.3 is 14.2 Å². The number of nitro groups is 1. The molecule has 1 heterocycles. The number of fused-ring (bicyclic) bond motifs is 1. The predicted octanol–water partition coefficient (Wildman–Crippen LogP) is 1.95. The van der Waals surface area contributed by atoms with Gasteiger partial charge in [-0.2, -0.15) is 0 Å². The summed E-state index contributed by atoms with van der Waals surface area (Å²) in [4.78, 5) is 26.4. The van der Waals surface area contributed by atoms with Gasteiger partial charge in [-0.05, 0) is 6.07 Å². The van der Waals surface area contributed by atoms with Crippen molar-refractivity contribution in [1.82, 2.24) is 4.98 Å². The number of hydrogen-bond donors (Lipinski definition) is 0. The van der Waals surface area contributed by atoms with Gasteiger partial charge in [-0.15, -0.1) is 0 Å². The molecule has 0 atom stereocenters. The number of hydrogen-bond acceptors (Lipinski definition) is 7. The molecule has 0 N–H and O–H groups in total. The third kappa shape index (κ3) is 2.31. The second-order valence-corrected chi connectivity index (χ2v) is 3.96. The molecule has 0 saturated heterocycles. The summed E-state index contributed by atoms with van der Waals surface area (Å²) in [6.07, 6.45) is 1.30. The van der Waals surface area contributed by atoms with Gasteiger partial charge in [0, 0.05) is 6.20 Å². The van der Waals surface area contributed by atoms with Crippen LogP contribution in [0.4, 0.5) is 5.69 Å². The van der Waals surface area contributed by atoms with Crippen LogP contribution in [0, 0.1) is 10.1 Å². The van der Waals surface area contributed by atoms with Crippen molar-refractivity contribution < 1.29 is 23.9 Å². The monoisotopic (exact) mass is 292 g/mol. The minimum atomic E-state index is -0.721. The van der Waals surface area contributed by atoms with Gasteiger partial charge in [0.15, 0.2) is 17.2 Å². The number of benzene rings is 1. The molecule has 8 heteroatoms. The van der Waals surface area contributed by atoms with Crippen molar-refractivity contribution in [2.75, 3.05) is 21.3 Å². The zero-order valence-corrected chi connectivity index (χ0v) is 11.6. The maximum atomic E-state index is 11.8. The van der Waals surface area contributed by atoms with E-state index in [1.165, 1.54) is 39.7 Å². The summed E-state index contributed by atoms with van der Waals surface area (Å²) in [5.74, 6) is -0.400. The molecule has 0 unspecified atom stereocenters. The van der Waals surface area contributed by atoms with Crippen LogP contribution in [0.1, 0.15) is 10.5 Å². The Morgan fingerprint density at radius 1 is 1.29 bits per heavy atom. The highest BCUT2D eigenvalue weighted by molar-refractivity contribution is 6.09. The molecule has 2 aromatic rings. The summed E-state index contributed by atoms with van der Waals surface area (Å²) in [5.41, 5.74) is -0.288. The van der Waals surface area contributed by atoms with Crippen LogP contribution in [0.2, 0.25) is 0 Å². The van der Waals surface area contributed by atoms with E-state index < -0.39 is 10.9 Å². The summed E-state index contributed by atoms with van der Waals surface area (Å²) < 4.78 is 15.0. The van der Waals surface area contributed by atoms with Gasteiger partial charge in [0.1, 0.15) is 0 Å². The lowest BCUT2D eigenvalue weighted by atomic mass is 10.1. The fraction of sp³-hybridized carbons (Fsp3) is 0.231. The number of non-ortho nitro benzene ring substituents is 1. The average Bonchev–Trinajstić information content (AvgIpc) is 2.51. The van der Waals surface area contributed by atoms with Gasteiger partial charge in [-0.1, -0.05) is 0 Å². The molecule has 0 bridgehead atoms. The number of ether oxygens (including phenoxy) is 3. The summed E-state index contributed by atoms with van der Waals surface area (Å²) in [5, 5.41) is 11.6. The van der Waals surface area contributed by atoms with E-state index in [9.17, 15) is 14.9 Å². The van der Waals surface area contributed by atoms with Crippen LogP contribution < -0.4 is 9.47 Å². The van der Waals surface area contributed by atoms with Crippen molar-refractivity contribution in [3.63, 3.8) is 0 Å². The van der Waals surface area contributed by atoms with Crippen molar-refractivity contribution in [3.05, 3.63) is 34.1 Å². The van der Waals surface area contributed by atoms with Gasteiger partial charge in [0.25, 0.3) is 5.69 Å².